The maximum atomic E-state index is 14.8. The molecule has 1 unspecified atom stereocenters. The number of rotatable bonds is 4. The van der Waals surface area contributed by atoms with Gasteiger partial charge >= 0.3 is 0 Å². The van der Waals surface area contributed by atoms with E-state index in [1.54, 1.807) is 18.3 Å². The number of hydrogen-bond acceptors (Lipinski definition) is 7. The van der Waals surface area contributed by atoms with Crippen LogP contribution >= 0.6 is 0 Å². The fourth-order valence-electron chi connectivity index (χ4n) is 5.83. The predicted molar refractivity (Wildman–Crippen MR) is 126 cm³/mol. The van der Waals surface area contributed by atoms with Crippen molar-refractivity contribution in [1.82, 2.24) is 20.2 Å². The molecule has 1 saturated carbocycles. The van der Waals surface area contributed by atoms with E-state index in [9.17, 15) is 14.0 Å². The number of carbonyl (C=O) groups excluding carboxylic acids is 2. The Morgan fingerprint density at radius 1 is 1.12 bits per heavy atom. The second kappa shape index (κ2) is 8.19. The molecule has 0 radical (unpaired) electrons. The maximum absolute atomic E-state index is 14.8. The fourth-order valence-corrected chi connectivity index (χ4v) is 5.83. The normalized spacial score (nSPS) is 24.7. The Hall–Kier alpha value is -3.27. The van der Waals surface area contributed by atoms with Crippen LogP contribution in [0.15, 0.2) is 24.4 Å². The number of amides is 2. The van der Waals surface area contributed by atoms with Crippen molar-refractivity contribution in [3.05, 3.63) is 35.8 Å². The largest absolute Gasteiger partial charge is 0.367 e. The number of anilines is 4. The maximum Gasteiger partial charge on any atom is 0.246 e. The van der Waals surface area contributed by atoms with Crippen LogP contribution in [0.25, 0.3) is 0 Å². The standard InChI is InChI=1S/C24H28FN7O2/c25-18-13-15(5-6-19(18)31-11-8-26-9-12-31)28-23-27-14-17-20(30-23)29-21(33)24(17)7-10-32(22(24)34)16-3-1-2-4-16/h5-6,13-14,16,26H,1-4,7-12H2,(H2,27,28,29,30,33). The number of hydrogen-bond donors (Lipinski definition) is 3. The van der Waals surface area contributed by atoms with Gasteiger partial charge in [-0.3, -0.25) is 9.59 Å². The molecule has 2 saturated heterocycles. The molecule has 1 aromatic carbocycles. The van der Waals surface area contributed by atoms with Crippen LogP contribution in [0.5, 0.6) is 0 Å². The first-order valence-electron chi connectivity index (χ1n) is 12.1. The number of benzene rings is 1. The summed E-state index contributed by atoms with van der Waals surface area (Å²) in [5.74, 6) is -0.189. The highest BCUT2D eigenvalue weighted by atomic mass is 19.1. The molecule has 34 heavy (non-hydrogen) atoms. The highest BCUT2D eigenvalue weighted by Crippen LogP contribution is 2.46. The molecule has 2 aromatic rings. The summed E-state index contributed by atoms with van der Waals surface area (Å²) >= 11 is 0. The third kappa shape index (κ3) is 3.31. The Balaban J connectivity index is 1.22. The number of carbonyl (C=O) groups is 2. The van der Waals surface area contributed by atoms with Crippen LogP contribution in [0.1, 0.15) is 37.7 Å². The quantitative estimate of drug-likeness (QED) is 0.595. The molecule has 1 spiro atoms. The lowest BCUT2D eigenvalue weighted by Gasteiger charge is -2.29. The van der Waals surface area contributed by atoms with Crippen molar-refractivity contribution in [3.63, 3.8) is 0 Å². The third-order valence-electron chi connectivity index (χ3n) is 7.65. The number of fused-ring (bicyclic) bond motifs is 2. The van der Waals surface area contributed by atoms with E-state index in [0.29, 0.717) is 35.7 Å². The predicted octanol–water partition coefficient (Wildman–Crippen LogP) is 2.13. The zero-order valence-electron chi connectivity index (χ0n) is 18.9. The van der Waals surface area contributed by atoms with E-state index >= 15 is 0 Å². The Kier molecular flexibility index (Phi) is 5.13. The average Bonchev–Trinajstić information content (AvgIpc) is 3.55. The van der Waals surface area contributed by atoms with Gasteiger partial charge in [-0.25, -0.2) is 9.37 Å². The van der Waals surface area contributed by atoms with Gasteiger partial charge in [0.2, 0.25) is 17.8 Å². The van der Waals surface area contributed by atoms with Gasteiger partial charge in [0.1, 0.15) is 11.6 Å². The van der Waals surface area contributed by atoms with Gasteiger partial charge in [0, 0.05) is 56.2 Å². The molecule has 3 fully saturated rings. The number of nitrogens with one attached hydrogen (secondary N) is 3. The molecular formula is C24H28FN7O2. The minimum atomic E-state index is -1.23. The molecule has 10 heteroatoms. The van der Waals surface area contributed by atoms with Crippen molar-refractivity contribution < 1.29 is 14.0 Å². The summed E-state index contributed by atoms with van der Waals surface area (Å²) in [5, 5.41) is 9.08. The molecule has 9 nitrogen and oxygen atoms in total. The molecule has 4 aliphatic rings. The first-order chi connectivity index (χ1) is 16.6. The van der Waals surface area contributed by atoms with Gasteiger partial charge in [0.15, 0.2) is 5.41 Å². The summed E-state index contributed by atoms with van der Waals surface area (Å²) in [7, 11) is 0. The molecule has 3 aliphatic heterocycles. The van der Waals surface area contributed by atoms with Gasteiger partial charge in [-0.1, -0.05) is 12.8 Å². The SMILES string of the molecule is O=C1Nc2nc(Nc3ccc(N4CCNCC4)c(F)c3)ncc2C12CCN(C1CCCC1)C2=O. The van der Waals surface area contributed by atoms with Gasteiger partial charge in [-0.15, -0.1) is 0 Å². The Morgan fingerprint density at radius 3 is 2.68 bits per heavy atom. The van der Waals surface area contributed by atoms with Crippen LogP contribution in [0.3, 0.4) is 0 Å². The van der Waals surface area contributed by atoms with Crippen LogP contribution in [0.4, 0.5) is 27.5 Å². The van der Waals surface area contributed by atoms with Crippen LogP contribution in [0, 0.1) is 5.82 Å². The lowest BCUT2D eigenvalue weighted by atomic mass is 9.81. The molecule has 0 bridgehead atoms. The second-order valence-corrected chi connectivity index (χ2v) is 9.53. The summed E-state index contributed by atoms with van der Waals surface area (Å²) in [5.41, 5.74) is 0.393. The molecule has 2 amide bonds. The first-order valence-corrected chi connectivity index (χ1v) is 12.1. The van der Waals surface area contributed by atoms with E-state index < -0.39 is 5.41 Å². The Labute approximate surface area is 197 Å². The second-order valence-electron chi connectivity index (χ2n) is 9.53. The van der Waals surface area contributed by atoms with Crippen LogP contribution in [0.2, 0.25) is 0 Å². The smallest absolute Gasteiger partial charge is 0.246 e. The van der Waals surface area contributed by atoms with Crippen molar-refractivity contribution in [2.75, 3.05) is 48.3 Å². The van der Waals surface area contributed by atoms with E-state index in [4.69, 9.17) is 0 Å². The monoisotopic (exact) mass is 465 g/mol. The van der Waals surface area contributed by atoms with E-state index in [2.05, 4.69) is 25.9 Å². The lowest BCUT2D eigenvalue weighted by molar-refractivity contribution is -0.138. The van der Waals surface area contributed by atoms with Gasteiger partial charge in [0.05, 0.1) is 5.69 Å². The molecule has 1 aromatic heterocycles. The van der Waals surface area contributed by atoms with Gasteiger partial charge in [-0.2, -0.15) is 4.98 Å². The Morgan fingerprint density at radius 2 is 1.91 bits per heavy atom. The van der Waals surface area contributed by atoms with E-state index in [1.807, 2.05) is 9.80 Å². The highest BCUT2D eigenvalue weighted by molar-refractivity contribution is 6.21. The van der Waals surface area contributed by atoms with Crippen molar-refractivity contribution >= 4 is 35.0 Å². The average molecular weight is 466 g/mol. The van der Waals surface area contributed by atoms with Crippen LogP contribution in [-0.2, 0) is 15.0 Å². The molecule has 3 N–H and O–H groups in total. The topological polar surface area (TPSA) is 102 Å². The van der Waals surface area contributed by atoms with Gasteiger partial charge < -0.3 is 25.8 Å². The summed E-state index contributed by atoms with van der Waals surface area (Å²) in [4.78, 5) is 39.2. The zero-order chi connectivity index (χ0) is 23.3. The van der Waals surface area contributed by atoms with Crippen molar-refractivity contribution in [1.29, 1.82) is 0 Å². The summed E-state index contributed by atoms with van der Waals surface area (Å²) in [6.45, 7) is 3.76. The fraction of sp³-hybridized carbons (Fsp3) is 0.500. The number of nitrogens with zero attached hydrogens (tertiary/aromatic N) is 4. The third-order valence-corrected chi connectivity index (χ3v) is 7.65. The number of aromatic nitrogens is 2. The lowest BCUT2D eigenvalue weighted by Crippen LogP contribution is -2.45. The zero-order valence-corrected chi connectivity index (χ0v) is 18.9. The molecule has 1 aliphatic carbocycles. The minimum Gasteiger partial charge on any atom is -0.367 e. The highest BCUT2D eigenvalue weighted by Gasteiger charge is 2.60. The van der Waals surface area contributed by atoms with Gasteiger partial charge in [-0.05, 0) is 37.5 Å². The summed E-state index contributed by atoms with van der Waals surface area (Å²) in [6.07, 6.45) is 6.25. The number of piperazine rings is 1. The molecule has 178 valence electrons. The van der Waals surface area contributed by atoms with Crippen LogP contribution < -0.4 is 20.9 Å². The Bertz CT molecular complexity index is 1150. The molecule has 1 atom stereocenters. The van der Waals surface area contributed by atoms with Crippen molar-refractivity contribution in [2.24, 2.45) is 0 Å². The molecule has 6 rings (SSSR count). The van der Waals surface area contributed by atoms with Crippen molar-refractivity contribution in [3.8, 4) is 0 Å². The van der Waals surface area contributed by atoms with Gasteiger partial charge in [0.25, 0.3) is 0 Å². The first kappa shape index (κ1) is 21.3. The number of likely N-dealkylation sites (tertiary alicyclic amines) is 1. The van der Waals surface area contributed by atoms with E-state index in [-0.39, 0.29) is 29.6 Å². The summed E-state index contributed by atoms with van der Waals surface area (Å²) in [6, 6.07) is 5.19. The van der Waals surface area contributed by atoms with Crippen LogP contribution in [-0.4, -0.2) is 65.4 Å². The van der Waals surface area contributed by atoms with E-state index in [1.165, 1.54) is 6.07 Å². The molecule has 4 heterocycles. The minimum absolute atomic E-state index is 0.134. The van der Waals surface area contributed by atoms with E-state index in [0.717, 1.165) is 51.9 Å². The summed E-state index contributed by atoms with van der Waals surface area (Å²) < 4.78 is 14.8. The van der Waals surface area contributed by atoms with Crippen molar-refractivity contribution in [2.45, 2.75) is 43.6 Å². The molecular weight excluding hydrogens is 437 g/mol. The number of halogens is 1.